The molecule has 1 aromatic heterocycles. The zero-order valence-electron chi connectivity index (χ0n) is 6.89. The fourth-order valence-electron chi connectivity index (χ4n) is 0.913. The van der Waals surface area contributed by atoms with Crippen molar-refractivity contribution in [3.63, 3.8) is 0 Å². The maximum absolute atomic E-state index is 9.49. The summed E-state index contributed by atoms with van der Waals surface area (Å²) < 4.78 is 0.686. The third-order valence-corrected chi connectivity index (χ3v) is 2.17. The van der Waals surface area contributed by atoms with Crippen molar-refractivity contribution in [2.24, 2.45) is 5.73 Å². The number of aliphatic hydroxyl groups is 2. The van der Waals surface area contributed by atoms with Gasteiger partial charge in [0.05, 0.1) is 6.10 Å². The normalized spacial score (nSPS) is 15.4. The predicted octanol–water partition coefficient (Wildman–Crippen LogP) is 0.197. The van der Waals surface area contributed by atoms with Crippen LogP contribution in [-0.2, 0) is 0 Å². The number of halogens is 1. The van der Waals surface area contributed by atoms with E-state index in [1.54, 1.807) is 12.1 Å². The molecule has 0 saturated carbocycles. The van der Waals surface area contributed by atoms with Gasteiger partial charge in [-0.15, -0.1) is 0 Å². The molecule has 0 radical (unpaired) electrons. The molecule has 72 valence electrons. The SMILES string of the molecule is NCC(O)C(O)c1ccc(Br)nc1. The molecule has 0 spiro atoms. The van der Waals surface area contributed by atoms with Gasteiger partial charge in [-0.05, 0) is 22.0 Å². The molecule has 0 aliphatic heterocycles. The van der Waals surface area contributed by atoms with Gasteiger partial charge >= 0.3 is 0 Å². The van der Waals surface area contributed by atoms with Crippen LogP contribution < -0.4 is 5.73 Å². The van der Waals surface area contributed by atoms with Gasteiger partial charge in [0.25, 0.3) is 0 Å². The molecule has 0 bridgehead atoms. The standard InChI is InChI=1S/C8H11BrN2O2/c9-7-2-1-5(4-11-7)8(13)6(12)3-10/h1-2,4,6,8,12-13H,3,10H2. The molecule has 2 atom stereocenters. The monoisotopic (exact) mass is 246 g/mol. The molecule has 1 aromatic rings. The number of pyridine rings is 1. The van der Waals surface area contributed by atoms with Gasteiger partial charge in [0, 0.05) is 18.3 Å². The molecule has 0 fully saturated rings. The predicted molar refractivity (Wildman–Crippen MR) is 52.0 cm³/mol. The van der Waals surface area contributed by atoms with Crippen molar-refractivity contribution in [1.29, 1.82) is 0 Å². The summed E-state index contributed by atoms with van der Waals surface area (Å²) in [6.45, 7) is 0.0250. The third-order valence-electron chi connectivity index (χ3n) is 1.70. The van der Waals surface area contributed by atoms with Crippen LogP contribution in [0.15, 0.2) is 22.9 Å². The quantitative estimate of drug-likeness (QED) is 0.666. The summed E-state index contributed by atoms with van der Waals surface area (Å²) in [5.41, 5.74) is 5.76. The van der Waals surface area contributed by atoms with Crippen LogP contribution in [0.1, 0.15) is 11.7 Å². The fourth-order valence-corrected chi connectivity index (χ4v) is 1.15. The van der Waals surface area contributed by atoms with E-state index in [0.29, 0.717) is 10.2 Å². The van der Waals surface area contributed by atoms with Crippen molar-refractivity contribution in [2.45, 2.75) is 12.2 Å². The summed E-state index contributed by atoms with van der Waals surface area (Å²) in [6, 6.07) is 3.38. The molecule has 13 heavy (non-hydrogen) atoms. The summed E-state index contributed by atoms with van der Waals surface area (Å²) in [7, 11) is 0. The van der Waals surface area contributed by atoms with Gasteiger partial charge in [-0.25, -0.2) is 4.98 Å². The molecule has 1 heterocycles. The molecule has 1 rings (SSSR count). The van der Waals surface area contributed by atoms with Crippen LogP contribution in [0.2, 0.25) is 0 Å². The Kier molecular flexibility index (Phi) is 3.80. The van der Waals surface area contributed by atoms with Crippen molar-refractivity contribution >= 4 is 15.9 Å². The number of nitrogens with two attached hydrogens (primary N) is 1. The van der Waals surface area contributed by atoms with Crippen LogP contribution in [0.4, 0.5) is 0 Å². The Labute approximate surface area is 84.5 Å². The van der Waals surface area contributed by atoms with Crippen LogP contribution >= 0.6 is 15.9 Å². The minimum atomic E-state index is -0.967. The lowest BCUT2D eigenvalue weighted by Gasteiger charge is -2.15. The van der Waals surface area contributed by atoms with Crippen LogP contribution in [0.3, 0.4) is 0 Å². The lowest BCUT2D eigenvalue weighted by molar-refractivity contribution is 0.0241. The van der Waals surface area contributed by atoms with E-state index >= 15 is 0 Å². The second-order valence-corrected chi connectivity index (χ2v) is 3.47. The highest BCUT2D eigenvalue weighted by molar-refractivity contribution is 9.10. The third kappa shape index (κ3) is 2.73. The van der Waals surface area contributed by atoms with Gasteiger partial charge < -0.3 is 15.9 Å². The minimum absolute atomic E-state index is 0.0250. The first-order chi connectivity index (χ1) is 6.15. The zero-order chi connectivity index (χ0) is 9.84. The molecule has 0 saturated heterocycles. The van der Waals surface area contributed by atoms with Gasteiger partial charge in [-0.3, -0.25) is 0 Å². The lowest BCUT2D eigenvalue weighted by Crippen LogP contribution is -2.27. The van der Waals surface area contributed by atoms with Crippen molar-refractivity contribution in [1.82, 2.24) is 4.98 Å². The molecule has 4 N–H and O–H groups in total. The first kappa shape index (κ1) is 10.6. The Morgan fingerprint density at radius 1 is 1.46 bits per heavy atom. The maximum Gasteiger partial charge on any atom is 0.108 e. The lowest BCUT2D eigenvalue weighted by atomic mass is 10.1. The van der Waals surface area contributed by atoms with Crippen molar-refractivity contribution < 1.29 is 10.2 Å². The van der Waals surface area contributed by atoms with Crippen LogP contribution in [-0.4, -0.2) is 27.8 Å². The molecule has 5 heteroatoms. The molecule has 2 unspecified atom stereocenters. The van der Waals surface area contributed by atoms with Gasteiger partial charge in [-0.2, -0.15) is 0 Å². The second-order valence-electron chi connectivity index (χ2n) is 2.66. The van der Waals surface area contributed by atoms with Gasteiger partial charge in [-0.1, -0.05) is 6.07 Å². The van der Waals surface area contributed by atoms with E-state index < -0.39 is 12.2 Å². The van der Waals surface area contributed by atoms with Crippen molar-refractivity contribution in [2.75, 3.05) is 6.54 Å². The summed E-state index contributed by atoms with van der Waals surface area (Å²) in [6.07, 6.45) is -0.415. The Morgan fingerprint density at radius 3 is 2.62 bits per heavy atom. The number of hydrogen-bond acceptors (Lipinski definition) is 4. The van der Waals surface area contributed by atoms with Crippen LogP contribution in [0.5, 0.6) is 0 Å². The fraction of sp³-hybridized carbons (Fsp3) is 0.375. The average Bonchev–Trinajstić information content (AvgIpc) is 2.17. The van der Waals surface area contributed by atoms with E-state index in [1.807, 2.05) is 0 Å². The molecule has 0 aromatic carbocycles. The largest absolute Gasteiger partial charge is 0.389 e. The van der Waals surface area contributed by atoms with Gasteiger partial charge in [0.1, 0.15) is 10.7 Å². The summed E-state index contributed by atoms with van der Waals surface area (Å²) >= 11 is 3.17. The smallest absolute Gasteiger partial charge is 0.108 e. The number of rotatable bonds is 3. The Balaban J connectivity index is 2.77. The number of nitrogens with zero attached hydrogens (tertiary/aromatic N) is 1. The first-order valence-electron chi connectivity index (χ1n) is 3.83. The number of hydrogen-bond donors (Lipinski definition) is 3. The maximum atomic E-state index is 9.49. The van der Waals surface area contributed by atoms with E-state index in [9.17, 15) is 10.2 Å². The summed E-state index contributed by atoms with van der Waals surface area (Å²) in [5.74, 6) is 0. The molecular formula is C8H11BrN2O2. The highest BCUT2D eigenvalue weighted by Gasteiger charge is 2.16. The van der Waals surface area contributed by atoms with E-state index in [-0.39, 0.29) is 6.54 Å². The molecule has 4 nitrogen and oxygen atoms in total. The zero-order valence-corrected chi connectivity index (χ0v) is 8.48. The molecule has 0 aliphatic carbocycles. The molecule has 0 amide bonds. The summed E-state index contributed by atoms with van der Waals surface area (Å²) in [5, 5.41) is 18.7. The van der Waals surface area contributed by atoms with Crippen molar-refractivity contribution in [3.8, 4) is 0 Å². The Bertz CT molecular complexity index is 265. The van der Waals surface area contributed by atoms with E-state index in [0.717, 1.165) is 0 Å². The first-order valence-corrected chi connectivity index (χ1v) is 4.62. The number of aromatic nitrogens is 1. The highest BCUT2D eigenvalue weighted by atomic mass is 79.9. The van der Waals surface area contributed by atoms with Gasteiger partial charge in [0.2, 0.25) is 0 Å². The van der Waals surface area contributed by atoms with Crippen molar-refractivity contribution in [3.05, 3.63) is 28.5 Å². The van der Waals surface area contributed by atoms with E-state index in [1.165, 1.54) is 6.20 Å². The van der Waals surface area contributed by atoms with Crippen LogP contribution in [0, 0.1) is 0 Å². The van der Waals surface area contributed by atoms with Crippen LogP contribution in [0.25, 0.3) is 0 Å². The Morgan fingerprint density at radius 2 is 2.15 bits per heavy atom. The highest BCUT2D eigenvalue weighted by Crippen LogP contribution is 2.16. The minimum Gasteiger partial charge on any atom is -0.389 e. The number of aliphatic hydroxyl groups excluding tert-OH is 2. The second kappa shape index (κ2) is 4.66. The molecule has 0 aliphatic rings. The average molecular weight is 247 g/mol. The molecular weight excluding hydrogens is 236 g/mol. The topological polar surface area (TPSA) is 79.4 Å². The summed E-state index contributed by atoms with van der Waals surface area (Å²) in [4.78, 5) is 3.92. The van der Waals surface area contributed by atoms with Gasteiger partial charge in [0.15, 0.2) is 0 Å². The Hall–Kier alpha value is -0.490. The van der Waals surface area contributed by atoms with E-state index in [4.69, 9.17) is 5.73 Å². The van der Waals surface area contributed by atoms with E-state index in [2.05, 4.69) is 20.9 Å².